The number of hydrogen-bond acceptors (Lipinski definition) is 6. The highest BCUT2D eigenvalue weighted by atomic mass is 79.9. The summed E-state index contributed by atoms with van der Waals surface area (Å²) in [6, 6.07) is 18.5. The van der Waals surface area contributed by atoms with E-state index < -0.39 is 23.6 Å². The van der Waals surface area contributed by atoms with Crippen molar-refractivity contribution in [2.45, 2.75) is 17.9 Å². The molecule has 14 heteroatoms. The van der Waals surface area contributed by atoms with Gasteiger partial charge in [0.05, 0.1) is 23.5 Å². The molecular weight excluding hydrogens is 635 g/mol. The number of hydrogen-bond donors (Lipinski definition) is 2. The quantitative estimate of drug-likeness (QED) is 0.200. The summed E-state index contributed by atoms with van der Waals surface area (Å²) < 4.78 is 47.8. The molecule has 4 rings (SSSR count). The molecule has 1 aromatic heterocycles. The second kappa shape index (κ2) is 13.2. The Morgan fingerprint density at radius 2 is 1.68 bits per heavy atom. The number of thioether (sulfide) groups is 1. The molecule has 0 aliphatic heterocycles. The second-order valence-electron chi connectivity index (χ2n) is 8.11. The van der Waals surface area contributed by atoms with E-state index in [1.807, 2.05) is 0 Å². The lowest BCUT2D eigenvalue weighted by atomic mass is 10.1. The molecule has 0 saturated carbocycles. The van der Waals surface area contributed by atoms with Crippen LogP contribution in [0.15, 0.2) is 82.4 Å². The first-order chi connectivity index (χ1) is 19.1. The van der Waals surface area contributed by atoms with E-state index in [1.54, 1.807) is 53.1 Å². The fourth-order valence-electron chi connectivity index (χ4n) is 3.42. The Labute approximate surface area is 244 Å². The maximum absolute atomic E-state index is 13.3. The summed E-state index contributed by atoms with van der Waals surface area (Å²) in [7, 11) is 0. The van der Waals surface area contributed by atoms with Crippen molar-refractivity contribution in [3.63, 3.8) is 0 Å². The first-order valence-corrected chi connectivity index (χ1v) is 13.7. The van der Waals surface area contributed by atoms with E-state index in [9.17, 15) is 22.8 Å². The maximum atomic E-state index is 13.3. The highest BCUT2D eigenvalue weighted by Crippen LogP contribution is 2.34. The third kappa shape index (κ3) is 7.99. The minimum Gasteiger partial charge on any atom is -0.484 e. The number of anilines is 1. The van der Waals surface area contributed by atoms with Crippen molar-refractivity contribution < 1.29 is 27.5 Å². The standard InChI is InChI=1S/C26H20BrClF3N5O3S/c27-16-5-9-18(10-6-16)36-22(13-32-23(37)14-39-19-11-7-17(28)8-12-19)34-35-25(36)40-15-24(38)33-21-4-2-1-3-20(21)26(29,30)31/h1-12H,13-15H2,(H,32,37)(H,33,38). The van der Waals surface area contributed by atoms with Gasteiger partial charge in [-0.1, -0.05) is 51.4 Å². The number of ether oxygens (including phenoxy) is 1. The fraction of sp³-hybridized carbons (Fsp3) is 0.154. The molecule has 0 saturated heterocycles. The van der Waals surface area contributed by atoms with Crippen LogP contribution in [-0.4, -0.2) is 38.9 Å². The molecule has 0 fully saturated rings. The van der Waals surface area contributed by atoms with E-state index in [-0.39, 0.29) is 24.6 Å². The molecule has 0 spiro atoms. The Kier molecular flexibility index (Phi) is 9.71. The van der Waals surface area contributed by atoms with Crippen LogP contribution in [-0.2, 0) is 22.3 Å². The SMILES string of the molecule is O=C(COc1ccc(Cl)cc1)NCc1nnc(SCC(=O)Nc2ccccc2C(F)(F)F)n1-c1ccc(Br)cc1. The minimum atomic E-state index is -4.61. The molecule has 1 heterocycles. The number of para-hydroxylation sites is 1. The van der Waals surface area contributed by atoms with Crippen molar-refractivity contribution in [1.29, 1.82) is 0 Å². The van der Waals surface area contributed by atoms with Crippen LogP contribution in [0, 0.1) is 0 Å². The lowest BCUT2D eigenvalue weighted by Crippen LogP contribution is -2.29. The number of aromatic nitrogens is 3. The molecule has 8 nitrogen and oxygen atoms in total. The maximum Gasteiger partial charge on any atom is 0.418 e. The van der Waals surface area contributed by atoms with Gasteiger partial charge in [0.2, 0.25) is 5.91 Å². The molecule has 208 valence electrons. The number of rotatable bonds is 10. The van der Waals surface area contributed by atoms with Crippen molar-refractivity contribution in [3.8, 4) is 11.4 Å². The van der Waals surface area contributed by atoms with Crippen molar-refractivity contribution in [3.05, 3.63) is 93.7 Å². The van der Waals surface area contributed by atoms with Gasteiger partial charge in [-0.2, -0.15) is 13.2 Å². The van der Waals surface area contributed by atoms with Gasteiger partial charge in [0.25, 0.3) is 5.91 Å². The third-order valence-corrected chi connectivity index (χ3v) is 6.96. The normalized spacial score (nSPS) is 11.2. The lowest BCUT2D eigenvalue weighted by Gasteiger charge is -2.14. The smallest absolute Gasteiger partial charge is 0.418 e. The Balaban J connectivity index is 1.44. The topological polar surface area (TPSA) is 98.1 Å². The second-order valence-corrected chi connectivity index (χ2v) is 10.4. The molecule has 0 bridgehead atoms. The van der Waals surface area contributed by atoms with Crippen molar-refractivity contribution >= 4 is 56.8 Å². The van der Waals surface area contributed by atoms with Gasteiger partial charge in [-0.05, 0) is 60.7 Å². The first-order valence-electron chi connectivity index (χ1n) is 11.5. The molecular formula is C26H20BrClF3N5O3S. The van der Waals surface area contributed by atoms with E-state index in [1.165, 1.54) is 18.2 Å². The summed E-state index contributed by atoms with van der Waals surface area (Å²) in [6.07, 6.45) is -4.61. The molecule has 0 unspecified atom stereocenters. The fourth-order valence-corrected chi connectivity index (χ4v) is 4.58. The molecule has 0 radical (unpaired) electrons. The van der Waals surface area contributed by atoms with Crippen LogP contribution in [0.25, 0.3) is 5.69 Å². The zero-order chi connectivity index (χ0) is 28.7. The summed E-state index contributed by atoms with van der Waals surface area (Å²) in [5, 5.41) is 14.2. The van der Waals surface area contributed by atoms with Gasteiger partial charge in [0.1, 0.15) is 5.75 Å². The number of halogens is 5. The van der Waals surface area contributed by atoms with Gasteiger partial charge in [-0.25, -0.2) is 0 Å². The van der Waals surface area contributed by atoms with Crippen LogP contribution in [0.1, 0.15) is 11.4 Å². The molecule has 0 aliphatic carbocycles. The largest absolute Gasteiger partial charge is 0.484 e. The Morgan fingerprint density at radius 3 is 2.38 bits per heavy atom. The molecule has 0 aliphatic rings. The van der Waals surface area contributed by atoms with Crippen molar-refractivity contribution in [1.82, 2.24) is 20.1 Å². The highest BCUT2D eigenvalue weighted by molar-refractivity contribution is 9.10. The van der Waals surface area contributed by atoms with E-state index >= 15 is 0 Å². The first kappa shape index (κ1) is 29.4. The Bertz CT molecular complexity index is 1480. The third-order valence-electron chi connectivity index (χ3n) is 5.25. The van der Waals surface area contributed by atoms with Crippen LogP contribution in [0.2, 0.25) is 5.02 Å². The number of benzene rings is 3. The van der Waals surface area contributed by atoms with E-state index in [0.29, 0.717) is 27.4 Å². The zero-order valence-electron chi connectivity index (χ0n) is 20.4. The lowest BCUT2D eigenvalue weighted by molar-refractivity contribution is -0.137. The Morgan fingerprint density at radius 1 is 0.975 bits per heavy atom. The average molecular weight is 655 g/mol. The van der Waals surface area contributed by atoms with Crippen LogP contribution in [0.3, 0.4) is 0 Å². The van der Waals surface area contributed by atoms with Gasteiger partial charge >= 0.3 is 6.18 Å². The van der Waals surface area contributed by atoms with E-state index in [0.717, 1.165) is 22.3 Å². The van der Waals surface area contributed by atoms with Crippen LogP contribution < -0.4 is 15.4 Å². The molecule has 4 aromatic rings. The van der Waals surface area contributed by atoms with Gasteiger partial charge in [0, 0.05) is 15.2 Å². The monoisotopic (exact) mass is 653 g/mol. The number of carbonyl (C=O) groups excluding carboxylic acids is 2. The predicted molar refractivity (Wildman–Crippen MR) is 149 cm³/mol. The van der Waals surface area contributed by atoms with Crippen molar-refractivity contribution in [2.75, 3.05) is 17.7 Å². The van der Waals surface area contributed by atoms with Gasteiger partial charge in [-0.3, -0.25) is 14.2 Å². The predicted octanol–water partition coefficient (Wildman–Crippen LogP) is 6.13. The number of nitrogens with one attached hydrogen (secondary N) is 2. The summed E-state index contributed by atoms with van der Waals surface area (Å²) in [5.74, 6) is -0.444. The Hall–Kier alpha value is -3.55. The van der Waals surface area contributed by atoms with Crippen LogP contribution in [0.5, 0.6) is 5.75 Å². The van der Waals surface area contributed by atoms with Gasteiger partial charge < -0.3 is 15.4 Å². The summed E-state index contributed by atoms with van der Waals surface area (Å²) in [5.41, 5.74) is -0.621. The van der Waals surface area contributed by atoms with E-state index in [4.69, 9.17) is 16.3 Å². The van der Waals surface area contributed by atoms with E-state index in [2.05, 4.69) is 36.8 Å². The molecule has 2 N–H and O–H groups in total. The zero-order valence-corrected chi connectivity index (χ0v) is 23.6. The number of amides is 2. The summed E-state index contributed by atoms with van der Waals surface area (Å²) in [6.45, 7) is -0.243. The summed E-state index contributed by atoms with van der Waals surface area (Å²) >= 11 is 10.2. The average Bonchev–Trinajstić information content (AvgIpc) is 3.33. The molecule has 0 atom stereocenters. The van der Waals surface area contributed by atoms with Crippen LogP contribution >= 0.6 is 39.3 Å². The molecule has 40 heavy (non-hydrogen) atoms. The minimum absolute atomic E-state index is 0.00239. The van der Waals surface area contributed by atoms with Gasteiger partial charge in [0.15, 0.2) is 17.6 Å². The van der Waals surface area contributed by atoms with Gasteiger partial charge in [-0.15, -0.1) is 10.2 Å². The number of nitrogens with zero attached hydrogens (tertiary/aromatic N) is 3. The molecule has 3 aromatic carbocycles. The molecule has 2 amide bonds. The highest BCUT2D eigenvalue weighted by Gasteiger charge is 2.33. The number of alkyl halides is 3. The summed E-state index contributed by atoms with van der Waals surface area (Å²) in [4.78, 5) is 24.9. The van der Waals surface area contributed by atoms with Crippen LogP contribution in [0.4, 0.5) is 18.9 Å². The number of carbonyl (C=O) groups is 2. The van der Waals surface area contributed by atoms with Crippen molar-refractivity contribution in [2.24, 2.45) is 0 Å².